The fourth-order valence-corrected chi connectivity index (χ4v) is 23.8. The van der Waals surface area contributed by atoms with Crippen molar-refractivity contribution < 1.29 is 33.6 Å². The summed E-state index contributed by atoms with van der Waals surface area (Å²) in [6, 6.07) is 0. The van der Waals surface area contributed by atoms with Gasteiger partial charge in [0.2, 0.25) is 0 Å². The molecule has 12 aliphatic rings. The molecule has 0 amide bonds. The first-order valence-electron chi connectivity index (χ1n) is 31.0. The molecule has 4 N–H and O–H groups in total. The molecule has 0 bridgehead atoms. The van der Waals surface area contributed by atoms with Gasteiger partial charge < -0.3 is 20.4 Å². The summed E-state index contributed by atoms with van der Waals surface area (Å²) in [5.41, 5.74) is 2.63. The van der Waals surface area contributed by atoms with Gasteiger partial charge in [0.05, 0.1) is 23.4 Å². The second kappa shape index (κ2) is 20.7. The molecular weight excluding hydrogens is 994 g/mol. The topological polar surface area (TPSA) is 80.9 Å². The van der Waals surface area contributed by atoms with Gasteiger partial charge in [-0.15, -0.1) is 0 Å². The van der Waals surface area contributed by atoms with E-state index in [1.165, 1.54) is 81.8 Å². The lowest BCUT2D eigenvalue weighted by molar-refractivity contribution is -0.125. The van der Waals surface area contributed by atoms with E-state index in [9.17, 15) is 20.4 Å². The Balaban J connectivity index is 0.000000127. The molecule has 74 heavy (non-hydrogen) atoms. The molecule has 4 nitrogen and oxygen atoms in total. The fraction of sp³-hybridized carbons (Fsp3) is 0.909. The molecule has 12 saturated carbocycles. The molecule has 12 fully saturated rings. The van der Waals surface area contributed by atoms with Crippen LogP contribution in [0.25, 0.3) is 0 Å². The van der Waals surface area contributed by atoms with E-state index in [0.29, 0.717) is 125 Å². The summed E-state index contributed by atoms with van der Waals surface area (Å²) in [6.07, 6.45) is 22.5. The van der Waals surface area contributed by atoms with Crippen LogP contribution < -0.4 is 0 Å². The summed E-state index contributed by atoms with van der Waals surface area (Å²) in [5.74, 6) is 9.08. The van der Waals surface area contributed by atoms with E-state index in [1.807, 2.05) is 20.8 Å². The molecule has 0 aliphatic heterocycles. The first-order chi connectivity index (χ1) is 34.8. The average molecular weight is 1100 g/mol. The van der Waals surface area contributed by atoms with Crippen LogP contribution in [0.1, 0.15) is 203 Å². The zero-order chi connectivity index (χ0) is 53.2. The SMILES string of the molecule is C=C(C)[C@H]1CC[C@H]2[C@@H]3C[C@@H](F)[C@H]4C[C@](C)(O)CC[C@@H]4[C@H]3CC[C@]12C.C=C(CBr)[C@H]1CC[C@H]2[C@@H]3C[C@@H](F)[C@H]4C[C@](C)(O)CC[C@@H]4[C@H]3CC[C@]12C.C=C(CO)[C@H]1CC[C@H]2[C@@H]3C[C@@H](F)[C@H]4C[C@](C)(O)CC[C@@H]4[C@H]3CC[C@]12C. The van der Waals surface area contributed by atoms with Crippen molar-refractivity contribution in [1.29, 1.82) is 0 Å². The average Bonchev–Trinajstić information content (AvgIpc) is 4.01. The van der Waals surface area contributed by atoms with Crippen LogP contribution in [0.4, 0.5) is 13.2 Å². The quantitative estimate of drug-likeness (QED) is 0.163. The molecule has 0 heterocycles. The van der Waals surface area contributed by atoms with E-state index < -0.39 is 35.3 Å². The number of hydrogen-bond donors (Lipinski definition) is 4. The number of aliphatic hydroxyl groups excluding tert-OH is 1. The second-order valence-corrected chi connectivity index (χ2v) is 31.3. The second-order valence-electron chi connectivity index (χ2n) is 30.7. The van der Waals surface area contributed by atoms with Gasteiger partial charge in [-0.25, -0.2) is 13.2 Å². The first kappa shape index (κ1) is 56.6. The monoisotopic (exact) mass is 1100 g/mol. The molecule has 0 unspecified atom stereocenters. The van der Waals surface area contributed by atoms with Gasteiger partial charge in [-0.1, -0.05) is 67.6 Å². The third-order valence-corrected chi connectivity index (χ3v) is 27.4. The van der Waals surface area contributed by atoms with Gasteiger partial charge in [0, 0.05) is 5.33 Å². The lowest BCUT2D eigenvalue weighted by atomic mass is 9.48. The maximum Gasteiger partial charge on any atom is 0.104 e. The van der Waals surface area contributed by atoms with Crippen LogP contribution in [0.2, 0.25) is 0 Å². The minimum atomic E-state index is -0.750. The van der Waals surface area contributed by atoms with Crippen LogP contribution in [0.15, 0.2) is 36.5 Å². The van der Waals surface area contributed by atoms with Crippen LogP contribution in [-0.4, -0.2) is 67.7 Å². The zero-order valence-electron chi connectivity index (χ0n) is 47.4. The number of hydrogen-bond acceptors (Lipinski definition) is 4. The predicted octanol–water partition coefficient (Wildman–Crippen LogP) is 15.9. The molecule has 12 aliphatic carbocycles. The minimum absolute atomic E-state index is 0.0685. The van der Waals surface area contributed by atoms with Crippen molar-refractivity contribution in [2.75, 3.05) is 11.9 Å². The molecule has 8 heteroatoms. The highest BCUT2D eigenvalue weighted by Crippen LogP contribution is 2.69. The fourth-order valence-electron chi connectivity index (χ4n) is 23.4. The van der Waals surface area contributed by atoms with Crippen molar-refractivity contribution in [2.24, 2.45) is 123 Å². The van der Waals surface area contributed by atoms with Gasteiger partial charge in [-0.3, -0.25) is 0 Å². The highest BCUT2D eigenvalue weighted by molar-refractivity contribution is 9.09. The van der Waals surface area contributed by atoms with E-state index in [-0.39, 0.29) is 29.8 Å². The molecule has 0 saturated heterocycles. The number of aliphatic hydroxyl groups is 4. The number of halogens is 4. The Bertz CT molecular complexity index is 1980. The standard InChI is InChI=1S/C22H34BrFO.C22H35FO2.C22H35FO/c1-13(12-23)18-4-5-19-16-10-20(24)17-11-21(2,25)8-6-15(17)14(16)7-9-22(18,19)3;1-13(12-24)18-4-5-19-16-10-20(23)17-11-21(2,25)8-6-15(17)14(16)7-9-22(18,19)3;1-13(2)18-5-6-19-16-11-20(23)17-12-21(3,24)9-7-15(17)14(16)8-10-22(18,19)4/h14-20,25H,1,4-12H2,2-3H3;14-20,24-25H,1,4-12H2,2-3H3;14-20,24H,1,5-12H2,2-4H3/t3*14-,15-,16-,17+,18-,19+,20-,21-,22-/m111/s1. The van der Waals surface area contributed by atoms with E-state index in [1.54, 1.807) is 0 Å². The van der Waals surface area contributed by atoms with Crippen LogP contribution >= 0.6 is 15.9 Å². The van der Waals surface area contributed by atoms with Crippen LogP contribution in [0.5, 0.6) is 0 Å². The summed E-state index contributed by atoms with van der Waals surface area (Å²) >= 11 is 3.62. The summed E-state index contributed by atoms with van der Waals surface area (Å²) in [4.78, 5) is 0. The van der Waals surface area contributed by atoms with Crippen molar-refractivity contribution >= 4 is 15.9 Å². The Kier molecular flexibility index (Phi) is 15.8. The Labute approximate surface area is 456 Å². The highest BCUT2D eigenvalue weighted by atomic mass is 79.9. The molecule has 0 aromatic rings. The minimum Gasteiger partial charge on any atom is -0.392 e. The Morgan fingerprint density at radius 1 is 0.419 bits per heavy atom. The number of fused-ring (bicyclic) bond motifs is 15. The first-order valence-corrected chi connectivity index (χ1v) is 32.2. The largest absolute Gasteiger partial charge is 0.392 e. The molecule has 0 spiro atoms. The number of alkyl halides is 4. The van der Waals surface area contributed by atoms with Gasteiger partial charge in [0.25, 0.3) is 0 Å². The van der Waals surface area contributed by atoms with Gasteiger partial charge in [0.15, 0.2) is 0 Å². The van der Waals surface area contributed by atoms with Crippen molar-refractivity contribution in [3.63, 3.8) is 0 Å². The van der Waals surface area contributed by atoms with E-state index in [0.717, 1.165) is 68.7 Å². The van der Waals surface area contributed by atoms with Gasteiger partial charge in [-0.2, -0.15) is 0 Å². The normalized spacial score (nSPS) is 55.7. The van der Waals surface area contributed by atoms with Gasteiger partial charge in [-0.05, 0) is 310 Å². The summed E-state index contributed by atoms with van der Waals surface area (Å²) < 4.78 is 45.5. The van der Waals surface area contributed by atoms with Gasteiger partial charge >= 0.3 is 0 Å². The summed E-state index contributed by atoms with van der Waals surface area (Å²) in [5, 5.41) is 41.8. The number of rotatable bonds is 5. The highest BCUT2D eigenvalue weighted by Gasteiger charge is 2.63. The van der Waals surface area contributed by atoms with Crippen molar-refractivity contribution in [3.8, 4) is 0 Å². The summed E-state index contributed by atoms with van der Waals surface area (Å²) in [6.45, 7) is 28.1. The Morgan fingerprint density at radius 2 is 0.703 bits per heavy atom. The van der Waals surface area contributed by atoms with Crippen LogP contribution in [0, 0.1) is 123 Å². The maximum atomic E-state index is 15.2. The molecule has 0 radical (unpaired) electrons. The van der Waals surface area contributed by atoms with Crippen molar-refractivity contribution in [1.82, 2.24) is 0 Å². The lowest BCUT2D eigenvalue weighted by Gasteiger charge is -2.57. The smallest absolute Gasteiger partial charge is 0.104 e. The molecule has 0 aromatic carbocycles. The van der Waals surface area contributed by atoms with E-state index >= 15 is 13.2 Å². The Morgan fingerprint density at radius 3 is 1.01 bits per heavy atom. The third-order valence-electron chi connectivity index (χ3n) is 26.7. The summed E-state index contributed by atoms with van der Waals surface area (Å²) in [7, 11) is 0. The van der Waals surface area contributed by atoms with Crippen LogP contribution in [0.3, 0.4) is 0 Å². The van der Waals surface area contributed by atoms with Crippen molar-refractivity contribution in [2.45, 2.75) is 238 Å². The lowest BCUT2D eigenvalue weighted by Crippen LogP contribution is -2.54. The number of allylic oxidation sites excluding steroid dienone is 2. The van der Waals surface area contributed by atoms with Crippen molar-refractivity contribution in [3.05, 3.63) is 36.5 Å². The van der Waals surface area contributed by atoms with E-state index in [4.69, 9.17) is 0 Å². The zero-order valence-corrected chi connectivity index (χ0v) is 49.0. The molecule has 420 valence electrons. The Hall–Kier alpha value is -0.670. The molecule has 27 atom stereocenters. The molecule has 12 rings (SSSR count). The van der Waals surface area contributed by atoms with Gasteiger partial charge in [0.1, 0.15) is 18.5 Å². The third kappa shape index (κ3) is 9.84. The molecular formula is C66H104BrF3O4. The molecule has 0 aromatic heterocycles. The van der Waals surface area contributed by atoms with Crippen LogP contribution in [-0.2, 0) is 0 Å². The predicted molar refractivity (Wildman–Crippen MR) is 298 cm³/mol. The van der Waals surface area contributed by atoms with E-state index in [2.05, 4.69) is 63.4 Å². The maximum absolute atomic E-state index is 15.2.